The molecule has 0 aliphatic heterocycles. The highest BCUT2D eigenvalue weighted by Crippen LogP contribution is 2.22. The smallest absolute Gasteiger partial charge is 0.123 e. The van der Waals surface area contributed by atoms with Crippen LogP contribution in [0.5, 0.6) is 5.75 Å². The maximum Gasteiger partial charge on any atom is 0.123 e. The highest BCUT2D eigenvalue weighted by Gasteiger charge is 2.01. The molecule has 17 heavy (non-hydrogen) atoms. The van der Waals surface area contributed by atoms with Gasteiger partial charge in [-0.2, -0.15) is 0 Å². The van der Waals surface area contributed by atoms with E-state index in [4.69, 9.17) is 16.3 Å². The summed E-state index contributed by atoms with van der Waals surface area (Å²) < 4.78 is 5.70. The van der Waals surface area contributed by atoms with Crippen LogP contribution >= 0.6 is 11.6 Å². The van der Waals surface area contributed by atoms with E-state index in [9.17, 15) is 0 Å². The van der Waals surface area contributed by atoms with Crippen molar-refractivity contribution in [2.24, 2.45) is 0 Å². The Morgan fingerprint density at radius 3 is 2.88 bits per heavy atom. The van der Waals surface area contributed by atoms with E-state index in [0.29, 0.717) is 11.6 Å². The Balaban J connectivity index is 1.92. The van der Waals surface area contributed by atoms with Crippen LogP contribution in [0.1, 0.15) is 11.3 Å². The van der Waals surface area contributed by atoms with Gasteiger partial charge in [-0.05, 0) is 36.8 Å². The first kappa shape index (κ1) is 11.9. The number of aryl methyl sites for hydroxylation is 1. The van der Waals surface area contributed by atoms with E-state index in [-0.39, 0.29) is 0 Å². The zero-order valence-electron chi connectivity index (χ0n) is 9.69. The Kier molecular flexibility index (Phi) is 3.99. The van der Waals surface area contributed by atoms with Crippen LogP contribution in [0.3, 0.4) is 0 Å². The lowest BCUT2D eigenvalue weighted by atomic mass is 10.2. The predicted molar refractivity (Wildman–Crippen MR) is 69.6 cm³/mol. The van der Waals surface area contributed by atoms with E-state index in [0.717, 1.165) is 23.4 Å². The average Bonchev–Trinajstić information content (AvgIpc) is 2.35. The molecule has 0 unspecified atom stereocenters. The van der Waals surface area contributed by atoms with Crippen LogP contribution in [0.15, 0.2) is 42.6 Å². The molecule has 0 N–H and O–H groups in total. The molecule has 3 heteroatoms. The van der Waals surface area contributed by atoms with Crippen LogP contribution < -0.4 is 4.74 Å². The summed E-state index contributed by atoms with van der Waals surface area (Å²) in [6.07, 6.45) is 2.59. The van der Waals surface area contributed by atoms with Crippen molar-refractivity contribution in [1.82, 2.24) is 4.98 Å². The second kappa shape index (κ2) is 5.69. The predicted octanol–water partition coefficient (Wildman–Crippen LogP) is 3.66. The first-order valence-corrected chi connectivity index (χ1v) is 5.92. The molecule has 0 amide bonds. The molecule has 1 aromatic heterocycles. The van der Waals surface area contributed by atoms with Gasteiger partial charge in [0, 0.05) is 23.3 Å². The minimum Gasteiger partial charge on any atom is -0.493 e. The first-order valence-electron chi connectivity index (χ1n) is 5.54. The van der Waals surface area contributed by atoms with Gasteiger partial charge in [-0.15, -0.1) is 0 Å². The molecular formula is C14H14ClNO. The lowest BCUT2D eigenvalue weighted by molar-refractivity contribution is 0.318. The van der Waals surface area contributed by atoms with E-state index in [1.54, 1.807) is 6.20 Å². The SMILES string of the molecule is Cc1ccc(Cl)cc1OCCc1ccccn1. The van der Waals surface area contributed by atoms with Gasteiger partial charge < -0.3 is 4.74 Å². The van der Waals surface area contributed by atoms with E-state index in [2.05, 4.69) is 4.98 Å². The zero-order chi connectivity index (χ0) is 12.1. The zero-order valence-corrected chi connectivity index (χ0v) is 10.4. The molecule has 0 aliphatic carbocycles. The maximum atomic E-state index is 5.92. The third-order valence-electron chi connectivity index (χ3n) is 2.49. The number of hydrogen-bond acceptors (Lipinski definition) is 2. The summed E-state index contributed by atoms with van der Waals surface area (Å²) >= 11 is 5.92. The molecule has 0 radical (unpaired) electrons. The van der Waals surface area contributed by atoms with Crippen LogP contribution in [-0.2, 0) is 6.42 Å². The lowest BCUT2D eigenvalue weighted by Gasteiger charge is -2.09. The summed E-state index contributed by atoms with van der Waals surface area (Å²) in [6, 6.07) is 11.5. The lowest BCUT2D eigenvalue weighted by Crippen LogP contribution is -2.03. The van der Waals surface area contributed by atoms with Gasteiger partial charge in [0.05, 0.1) is 6.61 Å². The van der Waals surface area contributed by atoms with Crippen LogP contribution in [0.2, 0.25) is 5.02 Å². The molecular weight excluding hydrogens is 234 g/mol. The van der Waals surface area contributed by atoms with Crippen LogP contribution in [0.4, 0.5) is 0 Å². The number of hydrogen-bond donors (Lipinski definition) is 0. The number of benzene rings is 1. The number of pyridine rings is 1. The van der Waals surface area contributed by atoms with Gasteiger partial charge >= 0.3 is 0 Å². The standard InChI is InChI=1S/C14H14ClNO/c1-11-5-6-12(15)10-14(11)17-9-7-13-4-2-3-8-16-13/h2-6,8,10H,7,9H2,1H3. The van der Waals surface area contributed by atoms with Gasteiger partial charge in [-0.3, -0.25) is 4.98 Å². The van der Waals surface area contributed by atoms with Crippen molar-refractivity contribution in [2.45, 2.75) is 13.3 Å². The van der Waals surface area contributed by atoms with Crippen molar-refractivity contribution < 1.29 is 4.74 Å². The molecule has 2 aromatic rings. The van der Waals surface area contributed by atoms with Crippen molar-refractivity contribution in [3.8, 4) is 5.75 Å². The molecule has 0 fully saturated rings. The highest BCUT2D eigenvalue weighted by molar-refractivity contribution is 6.30. The fraction of sp³-hybridized carbons (Fsp3) is 0.214. The van der Waals surface area contributed by atoms with E-state index in [1.165, 1.54) is 0 Å². The number of ether oxygens (including phenoxy) is 1. The van der Waals surface area contributed by atoms with Crippen molar-refractivity contribution in [1.29, 1.82) is 0 Å². The molecule has 2 nitrogen and oxygen atoms in total. The Labute approximate surface area is 106 Å². The second-order valence-electron chi connectivity index (χ2n) is 3.83. The number of rotatable bonds is 4. The highest BCUT2D eigenvalue weighted by atomic mass is 35.5. The third kappa shape index (κ3) is 3.46. The molecule has 1 aromatic carbocycles. The molecule has 0 bridgehead atoms. The minimum atomic E-state index is 0.609. The van der Waals surface area contributed by atoms with Crippen molar-refractivity contribution in [3.63, 3.8) is 0 Å². The Morgan fingerprint density at radius 1 is 1.24 bits per heavy atom. The number of halogens is 1. The van der Waals surface area contributed by atoms with E-state index in [1.807, 2.05) is 43.3 Å². The summed E-state index contributed by atoms with van der Waals surface area (Å²) in [4.78, 5) is 4.24. The summed E-state index contributed by atoms with van der Waals surface area (Å²) in [6.45, 7) is 2.62. The average molecular weight is 248 g/mol. The molecule has 2 rings (SSSR count). The Hall–Kier alpha value is -1.54. The summed E-state index contributed by atoms with van der Waals surface area (Å²) in [5.41, 5.74) is 2.13. The minimum absolute atomic E-state index is 0.609. The van der Waals surface area contributed by atoms with Crippen LogP contribution in [-0.4, -0.2) is 11.6 Å². The summed E-state index contributed by atoms with van der Waals surface area (Å²) in [7, 11) is 0. The fourth-order valence-electron chi connectivity index (χ4n) is 1.54. The summed E-state index contributed by atoms with van der Waals surface area (Å²) in [5, 5.41) is 0.698. The van der Waals surface area contributed by atoms with Crippen molar-refractivity contribution in [3.05, 3.63) is 58.9 Å². The maximum absolute atomic E-state index is 5.92. The first-order chi connectivity index (χ1) is 8.25. The van der Waals surface area contributed by atoms with Crippen molar-refractivity contribution in [2.75, 3.05) is 6.61 Å². The van der Waals surface area contributed by atoms with Gasteiger partial charge in [0.25, 0.3) is 0 Å². The van der Waals surface area contributed by atoms with Gasteiger partial charge in [0.15, 0.2) is 0 Å². The van der Waals surface area contributed by atoms with Gasteiger partial charge in [0.2, 0.25) is 0 Å². The van der Waals surface area contributed by atoms with Crippen LogP contribution in [0, 0.1) is 6.92 Å². The Morgan fingerprint density at radius 2 is 2.12 bits per heavy atom. The normalized spacial score (nSPS) is 10.2. The summed E-state index contributed by atoms with van der Waals surface area (Å²) in [5.74, 6) is 0.841. The fourth-order valence-corrected chi connectivity index (χ4v) is 1.70. The molecule has 0 atom stereocenters. The third-order valence-corrected chi connectivity index (χ3v) is 2.73. The van der Waals surface area contributed by atoms with E-state index < -0.39 is 0 Å². The molecule has 0 aliphatic rings. The monoisotopic (exact) mass is 247 g/mol. The molecule has 0 spiro atoms. The quantitative estimate of drug-likeness (QED) is 0.823. The van der Waals surface area contributed by atoms with E-state index >= 15 is 0 Å². The number of nitrogens with zero attached hydrogens (tertiary/aromatic N) is 1. The van der Waals surface area contributed by atoms with Gasteiger partial charge in [-0.25, -0.2) is 0 Å². The molecule has 0 saturated carbocycles. The number of aromatic nitrogens is 1. The molecule has 0 saturated heterocycles. The molecule has 1 heterocycles. The van der Waals surface area contributed by atoms with Crippen LogP contribution in [0.25, 0.3) is 0 Å². The Bertz CT molecular complexity index is 485. The topological polar surface area (TPSA) is 22.1 Å². The largest absolute Gasteiger partial charge is 0.493 e. The van der Waals surface area contributed by atoms with Gasteiger partial charge in [-0.1, -0.05) is 23.7 Å². The van der Waals surface area contributed by atoms with Gasteiger partial charge in [0.1, 0.15) is 5.75 Å². The van der Waals surface area contributed by atoms with Crippen molar-refractivity contribution >= 4 is 11.6 Å². The second-order valence-corrected chi connectivity index (χ2v) is 4.27. The molecule has 88 valence electrons.